The molecule has 1 unspecified atom stereocenters. The highest BCUT2D eigenvalue weighted by Gasteiger charge is 2.48. The van der Waals surface area contributed by atoms with Gasteiger partial charge in [-0.25, -0.2) is 8.42 Å². The fourth-order valence-corrected chi connectivity index (χ4v) is 3.45. The van der Waals surface area contributed by atoms with E-state index in [-0.39, 0.29) is 11.1 Å². The number of alkyl halides is 3. The van der Waals surface area contributed by atoms with Gasteiger partial charge in [-0.2, -0.15) is 13.2 Å². The maximum absolute atomic E-state index is 12.8. The standard InChI is InChI=1S/C13H17F3N2O2S/c1-12(8-17)6-7-18(9-12)10-4-2-3-5-11(10)21(19,20)13(14,15)16/h2-5H,6-9,17H2,1H3. The van der Waals surface area contributed by atoms with E-state index in [4.69, 9.17) is 5.73 Å². The molecule has 0 radical (unpaired) electrons. The van der Waals surface area contributed by atoms with Crippen molar-refractivity contribution in [3.05, 3.63) is 24.3 Å². The molecule has 1 aliphatic rings. The number of sulfone groups is 1. The summed E-state index contributed by atoms with van der Waals surface area (Å²) in [7, 11) is -5.36. The fraction of sp³-hybridized carbons (Fsp3) is 0.538. The first kappa shape index (κ1) is 16.1. The summed E-state index contributed by atoms with van der Waals surface area (Å²) >= 11 is 0. The minimum absolute atomic E-state index is 0.0898. The van der Waals surface area contributed by atoms with Crippen molar-refractivity contribution in [1.82, 2.24) is 0 Å². The van der Waals surface area contributed by atoms with E-state index in [9.17, 15) is 21.6 Å². The fourth-order valence-electron chi connectivity index (χ4n) is 2.47. The average molecular weight is 322 g/mol. The summed E-state index contributed by atoms with van der Waals surface area (Å²) in [5.74, 6) is 0. The van der Waals surface area contributed by atoms with Crippen LogP contribution >= 0.6 is 0 Å². The van der Waals surface area contributed by atoms with Gasteiger partial charge in [0.05, 0.1) is 10.6 Å². The van der Waals surface area contributed by atoms with Crippen molar-refractivity contribution in [1.29, 1.82) is 0 Å². The van der Waals surface area contributed by atoms with Crippen LogP contribution in [0.15, 0.2) is 29.2 Å². The van der Waals surface area contributed by atoms with Gasteiger partial charge in [0.1, 0.15) is 0 Å². The van der Waals surface area contributed by atoms with Crippen LogP contribution in [-0.4, -0.2) is 33.6 Å². The maximum atomic E-state index is 12.8. The lowest BCUT2D eigenvalue weighted by atomic mass is 9.90. The Labute approximate surface area is 121 Å². The Hall–Kier alpha value is -1.28. The van der Waals surface area contributed by atoms with Gasteiger partial charge in [0, 0.05) is 13.1 Å². The third-order valence-corrected chi connectivity index (χ3v) is 5.38. The Morgan fingerprint density at radius 2 is 1.95 bits per heavy atom. The van der Waals surface area contributed by atoms with Gasteiger partial charge in [-0.1, -0.05) is 19.1 Å². The summed E-state index contributed by atoms with van der Waals surface area (Å²) in [4.78, 5) is 0.963. The van der Waals surface area contributed by atoms with Gasteiger partial charge in [-0.3, -0.25) is 0 Å². The normalized spacial score (nSPS) is 23.6. The molecular weight excluding hydrogens is 305 g/mol. The van der Waals surface area contributed by atoms with E-state index in [1.807, 2.05) is 6.92 Å². The van der Waals surface area contributed by atoms with Crippen LogP contribution in [0.2, 0.25) is 0 Å². The van der Waals surface area contributed by atoms with Crippen molar-refractivity contribution >= 4 is 15.5 Å². The van der Waals surface area contributed by atoms with Crippen LogP contribution in [-0.2, 0) is 9.84 Å². The summed E-state index contributed by atoms with van der Waals surface area (Å²) in [5.41, 5.74) is 0.248. The van der Waals surface area contributed by atoms with Gasteiger partial charge in [-0.15, -0.1) is 0 Å². The van der Waals surface area contributed by atoms with Gasteiger partial charge in [0.25, 0.3) is 9.84 Å². The molecule has 21 heavy (non-hydrogen) atoms. The zero-order valence-electron chi connectivity index (χ0n) is 11.5. The highest BCUT2D eigenvalue weighted by atomic mass is 32.2. The number of halogens is 3. The Morgan fingerprint density at radius 3 is 2.48 bits per heavy atom. The molecule has 118 valence electrons. The van der Waals surface area contributed by atoms with Crippen molar-refractivity contribution in [3.8, 4) is 0 Å². The first-order chi connectivity index (χ1) is 9.61. The first-order valence-electron chi connectivity index (χ1n) is 6.46. The Kier molecular flexibility index (Phi) is 3.96. The molecule has 2 N–H and O–H groups in total. The summed E-state index contributed by atoms with van der Waals surface area (Å²) < 4.78 is 61.7. The van der Waals surface area contributed by atoms with Crippen LogP contribution in [0.25, 0.3) is 0 Å². The van der Waals surface area contributed by atoms with Crippen molar-refractivity contribution in [2.75, 3.05) is 24.5 Å². The molecule has 1 fully saturated rings. The Morgan fingerprint density at radius 1 is 1.33 bits per heavy atom. The smallest absolute Gasteiger partial charge is 0.370 e. The lowest BCUT2D eigenvalue weighted by Gasteiger charge is -2.25. The molecule has 1 aromatic carbocycles. The van der Waals surface area contributed by atoms with Gasteiger partial charge in [0.15, 0.2) is 0 Å². The van der Waals surface area contributed by atoms with Gasteiger partial charge < -0.3 is 10.6 Å². The van der Waals surface area contributed by atoms with E-state index in [2.05, 4.69) is 0 Å². The molecule has 8 heteroatoms. The second kappa shape index (κ2) is 5.17. The minimum Gasteiger partial charge on any atom is -0.370 e. The topological polar surface area (TPSA) is 63.4 Å². The average Bonchev–Trinajstić information content (AvgIpc) is 2.81. The van der Waals surface area contributed by atoms with E-state index in [1.165, 1.54) is 18.2 Å². The largest absolute Gasteiger partial charge is 0.501 e. The van der Waals surface area contributed by atoms with E-state index < -0.39 is 20.2 Å². The molecule has 0 spiro atoms. The number of para-hydroxylation sites is 1. The van der Waals surface area contributed by atoms with Crippen LogP contribution in [0, 0.1) is 5.41 Å². The molecule has 2 rings (SSSR count). The third kappa shape index (κ3) is 2.87. The van der Waals surface area contributed by atoms with E-state index in [1.54, 1.807) is 4.90 Å². The molecular formula is C13H17F3N2O2S. The predicted molar refractivity (Wildman–Crippen MR) is 73.7 cm³/mol. The summed E-state index contributed by atoms with van der Waals surface area (Å²) in [5, 5.41) is 0. The number of nitrogens with two attached hydrogens (primary N) is 1. The highest BCUT2D eigenvalue weighted by Crippen LogP contribution is 2.39. The Bertz CT molecular complexity index is 631. The van der Waals surface area contributed by atoms with Crippen LogP contribution in [0.3, 0.4) is 0 Å². The molecule has 1 aliphatic heterocycles. The maximum Gasteiger partial charge on any atom is 0.501 e. The molecule has 0 bridgehead atoms. The number of benzene rings is 1. The molecule has 0 amide bonds. The molecule has 1 saturated heterocycles. The van der Waals surface area contributed by atoms with Gasteiger partial charge >= 0.3 is 5.51 Å². The SMILES string of the molecule is CC1(CN)CCN(c2ccccc2S(=O)(=O)C(F)(F)F)C1. The number of rotatable bonds is 3. The summed E-state index contributed by atoms with van der Waals surface area (Å²) in [6.07, 6.45) is 0.712. The number of anilines is 1. The van der Waals surface area contributed by atoms with Crippen molar-refractivity contribution in [2.24, 2.45) is 11.1 Å². The first-order valence-corrected chi connectivity index (χ1v) is 7.94. The lowest BCUT2D eigenvalue weighted by molar-refractivity contribution is -0.0435. The van der Waals surface area contributed by atoms with Gasteiger partial charge in [-0.05, 0) is 30.5 Å². The molecule has 0 saturated carbocycles. The van der Waals surface area contributed by atoms with E-state index in [0.717, 1.165) is 6.07 Å². The molecule has 4 nitrogen and oxygen atoms in total. The summed E-state index contributed by atoms with van der Waals surface area (Å²) in [6.45, 7) is 3.26. The minimum atomic E-state index is -5.36. The monoisotopic (exact) mass is 322 g/mol. The molecule has 0 aliphatic carbocycles. The number of hydrogen-bond donors (Lipinski definition) is 1. The zero-order chi connectivity index (χ0) is 15.9. The highest BCUT2D eigenvalue weighted by molar-refractivity contribution is 7.92. The Balaban J connectivity index is 2.45. The molecule has 1 heterocycles. The van der Waals surface area contributed by atoms with Crippen LogP contribution in [0.5, 0.6) is 0 Å². The zero-order valence-corrected chi connectivity index (χ0v) is 12.3. The second-order valence-corrected chi connectivity index (χ2v) is 7.51. The van der Waals surface area contributed by atoms with E-state index in [0.29, 0.717) is 26.1 Å². The number of hydrogen-bond acceptors (Lipinski definition) is 4. The predicted octanol–water partition coefficient (Wildman–Crippen LogP) is 2.16. The van der Waals surface area contributed by atoms with Crippen LogP contribution in [0.1, 0.15) is 13.3 Å². The summed E-state index contributed by atoms with van der Waals surface area (Å²) in [6, 6.07) is 5.22. The van der Waals surface area contributed by atoms with Crippen LogP contribution in [0.4, 0.5) is 18.9 Å². The lowest BCUT2D eigenvalue weighted by Crippen LogP contribution is -2.32. The molecule has 1 atom stereocenters. The van der Waals surface area contributed by atoms with Crippen molar-refractivity contribution < 1.29 is 21.6 Å². The molecule has 0 aromatic heterocycles. The quantitative estimate of drug-likeness (QED) is 0.926. The van der Waals surface area contributed by atoms with Crippen molar-refractivity contribution in [3.63, 3.8) is 0 Å². The second-order valence-electron chi connectivity index (χ2n) is 5.60. The van der Waals surface area contributed by atoms with E-state index >= 15 is 0 Å². The van der Waals surface area contributed by atoms with Crippen LogP contribution < -0.4 is 10.6 Å². The van der Waals surface area contributed by atoms with Gasteiger partial charge in [0.2, 0.25) is 0 Å². The molecule has 1 aromatic rings. The third-order valence-electron chi connectivity index (χ3n) is 3.85. The number of nitrogens with zero attached hydrogens (tertiary/aromatic N) is 1. The van der Waals surface area contributed by atoms with Crippen molar-refractivity contribution in [2.45, 2.75) is 23.7 Å².